The van der Waals surface area contributed by atoms with Crippen molar-refractivity contribution in [2.75, 3.05) is 18.6 Å². The highest BCUT2D eigenvalue weighted by Crippen LogP contribution is 2.24. The van der Waals surface area contributed by atoms with Gasteiger partial charge in [0.1, 0.15) is 5.75 Å². The molecule has 1 aliphatic rings. The molecule has 0 aromatic heterocycles. The van der Waals surface area contributed by atoms with Crippen LogP contribution in [0.25, 0.3) is 0 Å². The maximum Gasteiger partial charge on any atom is 0.251 e. The number of anilines is 1. The van der Waals surface area contributed by atoms with Crippen LogP contribution in [0.2, 0.25) is 0 Å². The fourth-order valence-corrected chi connectivity index (χ4v) is 2.91. The second-order valence-corrected chi connectivity index (χ2v) is 5.89. The summed E-state index contributed by atoms with van der Waals surface area (Å²) in [6, 6.07) is 14.6. The van der Waals surface area contributed by atoms with E-state index >= 15 is 0 Å². The molecule has 3 rings (SSSR count). The summed E-state index contributed by atoms with van der Waals surface area (Å²) in [5.74, 6) is 0.618. The molecule has 2 amide bonds. The number of nitrogens with one attached hydrogen (secondary N) is 1. The monoisotopic (exact) mass is 324 g/mol. The lowest BCUT2D eigenvalue weighted by Crippen LogP contribution is -2.37. The van der Waals surface area contributed by atoms with Crippen molar-refractivity contribution in [3.63, 3.8) is 0 Å². The topological polar surface area (TPSA) is 58.6 Å². The number of aryl methyl sites for hydroxylation is 1. The molecule has 5 nitrogen and oxygen atoms in total. The number of hydrogen-bond acceptors (Lipinski definition) is 3. The minimum absolute atomic E-state index is 0.00949. The molecule has 0 aliphatic carbocycles. The van der Waals surface area contributed by atoms with Gasteiger partial charge >= 0.3 is 0 Å². The number of carbonyl (C=O) groups is 2. The minimum atomic E-state index is -0.188. The number of hydrogen-bond donors (Lipinski definition) is 1. The molecule has 2 aromatic carbocycles. The van der Waals surface area contributed by atoms with E-state index in [1.807, 2.05) is 49.4 Å². The van der Waals surface area contributed by atoms with Gasteiger partial charge in [0.05, 0.1) is 13.2 Å². The number of ether oxygens (including phenoxy) is 1. The van der Waals surface area contributed by atoms with Gasteiger partial charge in [-0.2, -0.15) is 0 Å². The average molecular weight is 324 g/mol. The molecular formula is C19H20N2O3. The number of amides is 2. The summed E-state index contributed by atoms with van der Waals surface area (Å²) in [7, 11) is 1.60. The average Bonchev–Trinajstić information content (AvgIpc) is 2.95. The summed E-state index contributed by atoms with van der Waals surface area (Å²) < 4.78 is 5.13. The van der Waals surface area contributed by atoms with Crippen LogP contribution >= 0.6 is 0 Å². The number of carbonyl (C=O) groups excluding carboxylic acids is 2. The Hall–Kier alpha value is -2.82. The zero-order valence-corrected chi connectivity index (χ0v) is 13.8. The van der Waals surface area contributed by atoms with E-state index in [0.29, 0.717) is 18.5 Å². The van der Waals surface area contributed by atoms with E-state index in [4.69, 9.17) is 4.74 Å². The van der Waals surface area contributed by atoms with E-state index in [-0.39, 0.29) is 17.9 Å². The zero-order chi connectivity index (χ0) is 17.1. The van der Waals surface area contributed by atoms with Crippen LogP contribution in [-0.4, -0.2) is 31.5 Å². The first kappa shape index (κ1) is 16.1. The van der Waals surface area contributed by atoms with E-state index in [1.54, 1.807) is 18.1 Å². The highest BCUT2D eigenvalue weighted by molar-refractivity contribution is 5.99. The van der Waals surface area contributed by atoms with Gasteiger partial charge in [-0.15, -0.1) is 0 Å². The number of nitrogens with zero attached hydrogens (tertiary/aromatic N) is 1. The molecule has 1 atom stereocenters. The lowest BCUT2D eigenvalue weighted by Gasteiger charge is -2.18. The predicted molar refractivity (Wildman–Crippen MR) is 92.4 cm³/mol. The Bertz CT molecular complexity index is 755. The highest BCUT2D eigenvalue weighted by Gasteiger charge is 2.31. The standard InChI is InChI=1S/C19H20N2O3/c1-13-5-3-4-6-17(13)19(23)20-14-11-18(22)21(12-14)15-7-9-16(24-2)10-8-15/h3-10,14H,11-12H2,1-2H3,(H,20,23)/t14-/m1/s1. The van der Waals surface area contributed by atoms with Crippen molar-refractivity contribution in [1.29, 1.82) is 0 Å². The van der Waals surface area contributed by atoms with Gasteiger partial charge in [-0.05, 0) is 42.8 Å². The lowest BCUT2D eigenvalue weighted by molar-refractivity contribution is -0.117. The van der Waals surface area contributed by atoms with Gasteiger partial charge in [0, 0.05) is 24.2 Å². The van der Waals surface area contributed by atoms with Gasteiger partial charge in [0.25, 0.3) is 5.91 Å². The van der Waals surface area contributed by atoms with Crippen LogP contribution in [-0.2, 0) is 4.79 Å². The zero-order valence-electron chi connectivity index (χ0n) is 13.8. The summed E-state index contributed by atoms with van der Waals surface area (Å²) in [5, 5.41) is 2.96. The lowest BCUT2D eigenvalue weighted by atomic mass is 10.1. The summed E-state index contributed by atoms with van der Waals surface area (Å²) in [4.78, 5) is 26.4. The first-order valence-electron chi connectivity index (χ1n) is 7.89. The van der Waals surface area contributed by atoms with Crippen LogP contribution in [0.15, 0.2) is 48.5 Å². The molecule has 0 radical (unpaired) electrons. The van der Waals surface area contributed by atoms with Crippen molar-refractivity contribution >= 4 is 17.5 Å². The van der Waals surface area contributed by atoms with Crippen molar-refractivity contribution in [3.05, 3.63) is 59.7 Å². The normalized spacial score (nSPS) is 17.0. The van der Waals surface area contributed by atoms with Gasteiger partial charge in [-0.3, -0.25) is 9.59 Å². The molecule has 0 saturated carbocycles. The van der Waals surface area contributed by atoms with Gasteiger partial charge in [0.15, 0.2) is 0 Å². The second kappa shape index (κ2) is 6.74. The molecule has 1 aliphatic heterocycles. The molecule has 0 unspecified atom stereocenters. The molecule has 5 heteroatoms. The Morgan fingerprint density at radius 3 is 2.54 bits per heavy atom. The third-order valence-corrected chi connectivity index (χ3v) is 4.23. The number of methoxy groups -OCH3 is 1. The van der Waals surface area contributed by atoms with Crippen molar-refractivity contribution in [2.45, 2.75) is 19.4 Å². The molecule has 1 N–H and O–H groups in total. The van der Waals surface area contributed by atoms with Crippen LogP contribution in [0.4, 0.5) is 5.69 Å². The molecule has 124 valence electrons. The maximum absolute atomic E-state index is 12.4. The molecule has 1 fully saturated rings. The molecule has 0 spiro atoms. The third-order valence-electron chi connectivity index (χ3n) is 4.23. The fraction of sp³-hybridized carbons (Fsp3) is 0.263. The molecule has 1 heterocycles. The van der Waals surface area contributed by atoms with E-state index < -0.39 is 0 Å². The predicted octanol–water partition coefficient (Wildman–Crippen LogP) is 2.54. The van der Waals surface area contributed by atoms with Crippen molar-refractivity contribution < 1.29 is 14.3 Å². The first-order valence-corrected chi connectivity index (χ1v) is 7.89. The molecule has 1 saturated heterocycles. The van der Waals surface area contributed by atoms with Gasteiger partial charge < -0.3 is 15.0 Å². The van der Waals surface area contributed by atoms with E-state index in [2.05, 4.69) is 5.32 Å². The van der Waals surface area contributed by atoms with Crippen LogP contribution < -0.4 is 15.0 Å². The van der Waals surface area contributed by atoms with Crippen LogP contribution in [0, 0.1) is 6.92 Å². The Morgan fingerprint density at radius 2 is 1.88 bits per heavy atom. The number of rotatable bonds is 4. The maximum atomic E-state index is 12.4. The van der Waals surface area contributed by atoms with Crippen LogP contribution in [0.5, 0.6) is 5.75 Å². The number of benzene rings is 2. The largest absolute Gasteiger partial charge is 0.497 e. The smallest absolute Gasteiger partial charge is 0.251 e. The van der Waals surface area contributed by atoms with Crippen molar-refractivity contribution in [1.82, 2.24) is 5.32 Å². The van der Waals surface area contributed by atoms with Crippen LogP contribution in [0.3, 0.4) is 0 Å². The van der Waals surface area contributed by atoms with E-state index in [1.165, 1.54) is 0 Å². The van der Waals surface area contributed by atoms with E-state index in [0.717, 1.165) is 17.0 Å². The Labute approximate surface area is 141 Å². The van der Waals surface area contributed by atoms with Crippen molar-refractivity contribution in [3.8, 4) is 5.75 Å². The Balaban J connectivity index is 1.68. The highest BCUT2D eigenvalue weighted by atomic mass is 16.5. The summed E-state index contributed by atoms with van der Waals surface area (Å²) in [6.45, 7) is 2.38. The van der Waals surface area contributed by atoms with E-state index in [9.17, 15) is 9.59 Å². The minimum Gasteiger partial charge on any atom is -0.497 e. The summed E-state index contributed by atoms with van der Waals surface area (Å²) >= 11 is 0. The van der Waals surface area contributed by atoms with Crippen molar-refractivity contribution in [2.24, 2.45) is 0 Å². The summed E-state index contributed by atoms with van der Waals surface area (Å²) in [5.41, 5.74) is 2.38. The molecule has 0 bridgehead atoms. The SMILES string of the molecule is COc1ccc(N2C[C@H](NC(=O)c3ccccc3C)CC2=O)cc1. The Kier molecular flexibility index (Phi) is 4.51. The first-order chi connectivity index (χ1) is 11.6. The van der Waals surface area contributed by atoms with Gasteiger partial charge in [0.2, 0.25) is 5.91 Å². The summed E-state index contributed by atoms with van der Waals surface area (Å²) in [6.07, 6.45) is 0.309. The van der Waals surface area contributed by atoms with Gasteiger partial charge in [-0.1, -0.05) is 18.2 Å². The Morgan fingerprint density at radius 1 is 1.17 bits per heavy atom. The van der Waals surface area contributed by atoms with Crippen LogP contribution in [0.1, 0.15) is 22.3 Å². The third kappa shape index (κ3) is 3.25. The fourth-order valence-electron chi connectivity index (χ4n) is 2.91. The molecular weight excluding hydrogens is 304 g/mol. The molecule has 24 heavy (non-hydrogen) atoms. The van der Waals surface area contributed by atoms with Gasteiger partial charge in [-0.25, -0.2) is 0 Å². The quantitative estimate of drug-likeness (QED) is 0.940. The molecule has 2 aromatic rings. The second-order valence-electron chi connectivity index (χ2n) is 5.89.